The predicted molar refractivity (Wildman–Crippen MR) is 76.5 cm³/mol. The summed E-state index contributed by atoms with van der Waals surface area (Å²) in [6, 6.07) is 3.63. The van der Waals surface area contributed by atoms with E-state index in [9.17, 15) is 4.79 Å². The van der Waals surface area contributed by atoms with E-state index in [0.29, 0.717) is 5.56 Å². The van der Waals surface area contributed by atoms with E-state index in [0.717, 1.165) is 30.2 Å². The van der Waals surface area contributed by atoms with E-state index < -0.39 is 0 Å². The van der Waals surface area contributed by atoms with Gasteiger partial charge in [-0.05, 0) is 37.7 Å². The lowest BCUT2D eigenvalue weighted by Gasteiger charge is -2.20. The Morgan fingerprint density at radius 3 is 3.21 bits per heavy atom. The van der Waals surface area contributed by atoms with Gasteiger partial charge >= 0.3 is 0 Å². The van der Waals surface area contributed by atoms with Crippen LogP contribution in [-0.2, 0) is 4.74 Å². The number of hydrogen-bond donors (Lipinski definition) is 1. The van der Waals surface area contributed by atoms with Crippen molar-refractivity contribution in [3.8, 4) is 0 Å². The molecule has 1 amide bonds. The van der Waals surface area contributed by atoms with Crippen molar-refractivity contribution < 1.29 is 9.53 Å². The van der Waals surface area contributed by atoms with Crippen LogP contribution in [0.2, 0.25) is 0 Å². The fraction of sp³-hybridized carbons (Fsp3) is 0.571. The first-order chi connectivity index (χ1) is 9.20. The summed E-state index contributed by atoms with van der Waals surface area (Å²) < 4.78 is 5.58. The third-order valence-electron chi connectivity index (χ3n) is 3.17. The third-order valence-corrected chi connectivity index (χ3v) is 3.98. The minimum Gasteiger partial charge on any atom is -0.376 e. The molecule has 1 aliphatic heterocycles. The quantitative estimate of drug-likeness (QED) is 0.842. The first-order valence-corrected chi connectivity index (χ1v) is 7.70. The Morgan fingerprint density at radius 2 is 2.53 bits per heavy atom. The van der Waals surface area contributed by atoms with Crippen LogP contribution in [0.5, 0.6) is 0 Å². The zero-order chi connectivity index (χ0) is 13.7. The molecule has 0 aromatic carbocycles. The molecule has 5 heteroatoms. The molecule has 0 aliphatic carbocycles. The number of aromatic nitrogens is 1. The highest BCUT2D eigenvalue weighted by Gasteiger charge is 2.24. The second-order valence-electron chi connectivity index (χ2n) is 4.63. The Kier molecular flexibility index (Phi) is 5.22. The largest absolute Gasteiger partial charge is 0.376 e. The Hall–Kier alpha value is -1.07. The number of carbonyl (C=O) groups excluding carboxylic acids is 1. The normalized spacial score (nSPS) is 20.2. The number of ether oxygens (including phenoxy) is 1. The second-order valence-corrected chi connectivity index (χ2v) is 5.91. The van der Waals surface area contributed by atoms with Gasteiger partial charge in [-0.3, -0.25) is 4.79 Å². The molecule has 1 saturated heterocycles. The topological polar surface area (TPSA) is 51.2 Å². The molecule has 1 aliphatic rings. The Labute approximate surface area is 118 Å². The summed E-state index contributed by atoms with van der Waals surface area (Å²) in [5, 5.41) is 3.90. The lowest BCUT2D eigenvalue weighted by Crippen LogP contribution is -2.40. The van der Waals surface area contributed by atoms with Gasteiger partial charge in [0.05, 0.1) is 17.2 Å². The highest BCUT2D eigenvalue weighted by molar-refractivity contribution is 7.99. The van der Waals surface area contributed by atoms with Crippen LogP contribution in [0.4, 0.5) is 0 Å². The van der Waals surface area contributed by atoms with E-state index in [2.05, 4.69) is 17.2 Å². The number of rotatable bonds is 5. The van der Waals surface area contributed by atoms with Gasteiger partial charge in [0.1, 0.15) is 0 Å². The molecule has 1 fully saturated rings. The number of nitrogens with one attached hydrogen (secondary N) is 1. The van der Waals surface area contributed by atoms with E-state index in [1.807, 2.05) is 13.0 Å². The molecular formula is C14H20N2O2S. The molecule has 19 heavy (non-hydrogen) atoms. The van der Waals surface area contributed by atoms with Crippen LogP contribution in [0.1, 0.15) is 37.0 Å². The summed E-state index contributed by atoms with van der Waals surface area (Å²) in [7, 11) is 0. The molecule has 1 N–H and O–H groups in total. The summed E-state index contributed by atoms with van der Waals surface area (Å²) in [5.41, 5.74) is 0.663. The number of carbonyl (C=O) groups is 1. The number of nitrogens with zero attached hydrogens (tertiary/aromatic N) is 1. The summed E-state index contributed by atoms with van der Waals surface area (Å²) >= 11 is 1.64. The van der Waals surface area contributed by atoms with Gasteiger partial charge in [0.25, 0.3) is 5.91 Å². The Balaban J connectivity index is 1.96. The van der Waals surface area contributed by atoms with Crippen LogP contribution >= 0.6 is 11.8 Å². The van der Waals surface area contributed by atoms with Crippen LogP contribution in [-0.4, -0.2) is 35.4 Å². The first-order valence-electron chi connectivity index (χ1n) is 6.72. The van der Waals surface area contributed by atoms with Crippen LogP contribution in [0.3, 0.4) is 0 Å². The molecule has 104 valence electrons. The fourth-order valence-electron chi connectivity index (χ4n) is 2.16. The molecule has 2 heterocycles. The van der Waals surface area contributed by atoms with Crippen molar-refractivity contribution in [1.29, 1.82) is 0 Å². The van der Waals surface area contributed by atoms with Crippen LogP contribution in [0, 0.1) is 0 Å². The maximum absolute atomic E-state index is 12.2. The monoisotopic (exact) mass is 280 g/mol. The molecule has 0 bridgehead atoms. The fourth-order valence-corrected chi connectivity index (χ4v) is 2.80. The summed E-state index contributed by atoms with van der Waals surface area (Å²) in [4.78, 5) is 16.4. The molecule has 0 spiro atoms. The predicted octanol–water partition coefficient (Wildman–Crippen LogP) is 2.49. The van der Waals surface area contributed by atoms with E-state index in [1.165, 1.54) is 0 Å². The van der Waals surface area contributed by atoms with Crippen molar-refractivity contribution in [1.82, 2.24) is 10.3 Å². The summed E-state index contributed by atoms with van der Waals surface area (Å²) in [6.45, 7) is 4.87. The van der Waals surface area contributed by atoms with Crippen molar-refractivity contribution in [2.24, 2.45) is 0 Å². The third kappa shape index (κ3) is 3.94. The Morgan fingerprint density at radius 1 is 1.68 bits per heavy atom. The molecule has 0 saturated carbocycles. The summed E-state index contributed by atoms with van der Waals surface area (Å²) in [5.74, 6) is 0.896. The maximum atomic E-state index is 12.2. The highest BCUT2D eigenvalue weighted by atomic mass is 32.2. The molecule has 0 radical (unpaired) electrons. The second kappa shape index (κ2) is 6.91. The zero-order valence-electron chi connectivity index (χ0n) is 11.4. The van der Waals surface area contributed by atoms with Gasteiger partial charge in [-0.25, -0.2) is 4.98 Å². The Bertz CT molecular complexity index is 433. The molecule has 4 nitrogen and oxygen atoms in total. The zero-order valence-corrected chi connectivity index (χ0v) is 12.2. The summed E-state index contributed by atoms with van der Waals surface area (Å²) in [6.07, 6.45) is 3.94. The number of pyridine rings is 1. The van der Waals surface area contributed by atoms with Crippen LogP contribution in [0.15, 0.2) is 23.4 Å². The van der Waals surface area contributed by atoms with Gasteiger partial charge < -0.3 is 10.1 Å². The minimum atomic E-state index is -0.0525. The molecule has 1 aromatic heterocycles. The average molecular weight is 280 g/mol. The SMILES string of the molecule is CCSc1cc(C(=O)N[C@H](C)[C@@H]2CCCO2)ccn1. The van der Waals surface area contributed by atoms with Crippen molar-refractivity contribution in [3.63, 3.8) is 0 Å². The molecule has 2 rings (SSSR count). The van der Waals surface area contributed by atoms with Gasteiger partial charge in [0.15, 0.2) is 0 Å². The number of amides is 1. The molecular weight excluding hydrogens is 260 g/mol. The standard InChI is InChI=1S/C14H20N2O2S/c1-3-19-13-9-11(6-7-15-13)14(17)16-10(2)12-5-4-8-18-12/h6-7,9-10,12H,3-5,8H2,1-2H3,(H,16,17)/t10-,12+/m1/s1. The van der Waals surface area contributed by atoms with Crippen molar-refractivity contribution in [2.45, 2.75) is 43.9 Å². The molecule has 1 aromatic rings. The minimum absolute atomic E-state index is 0.0467. The smallest absolute Gasteiger partial charge is 0.251 e. The first kappa shape index (κ1) is 14.3. The van der Waals surface area contributed by atoms with Gasteiger partial charge in [-0.1, -0.05) is 6.92 Å². The van der Waals surface area contributed by atoms with Gasteiger partial charge in [-0.2, -0.15) is 0 Å². The van der Waals surface area contributed by atoms with Gasteiger partial charge in [0.2, 0.25) is 0 Å². The maximum Gasteiger partial charge on any atom is 0.251 e. The van der Waals surface area contributed by atoms with Crippen LogP contribution in [0.25, 0.3) is 0 Å². The number of thioether (sulfide) groups is 1. The van der Waals surface area contributed by atoms with Crippen molar-refractivity contribution >= 4 is 17.7 Å². The van der Waals surface area contributed by atoms with E-state index in [4.69, 9.17) is 4.74 Å². The van der Waals surface area contributed by atoms with E-state index in [-0.39, 0.29) is 18.1 Å². The van der Waals surface area contributed by atoms with E-state index >= 15 is 0 Å². The molecule has 0 unspecified atom stereocenters. The average Bonchev–Trinajstić information content (AvgIpc) is 2.93. The molecule has 2 atom stereocenters. The lowest BCUT2D eigenvalue weighted by atomic mass is 10.1. The van der Waals surface area contributed by atoms with Gasteiger partial charge in [-0.15, -0.1) is 11.8 Å². The van der Waals surface area contributed by atoms with Crippen molar-refractivity contribution in [2.75, 3.05) is 12.4 Å². The van der Waals surface area contributed by atoms with Crippen LogP contribution < -0.4 is 5.32 Å². The number of hydrogen-bond acceptors (Lipinski definition) is 4. The van der Waals surface area contributed by atoms with E-state index in [1.54, 1.807) is 24.0 Å². The highest BCUT2D eigenvalue weighted by Crippen LogP contribution is 2.17. The van der Waals surface area contributed by atoms with Crippen molar-refractivity contribution in [3.05, 3.63) is 23.9 Å². The lowest BCUT2D eigenvalue weighted by molar-refractivity contribution is 0.0712. The van der Waals surface area contributed by atoms with Gasteiger partial charge in [0, 0.05) is 18.4 Å².